The van der Waals surface area contributed by atoms with Crippen molar-refractivity contribution in [3.8, 4) is 0 Å². The van der Waals surface area contributed by atoms with Crippen LogP contribution < -0.4 is 0 Å². The zero-order valence-corrected chi connectivity index (χ0v) is 16.6. The second-order valence-electron chi connectivity index (χ2n) is 7.87. The van der Waals surface area contributed by atoms with Crippen LogP contribution in [0.5, 0.6) is 0 Å². The van der Waals surface area contributed by atoms with E-state index in [0.717, 1.165) is 63.3 Å². The first kappa shape index (κ1) is 19.2. The van der Waals surface area contributed by atoms with Gasteiger partial charge in [-0.2, -0.15) is 0 Å². The predicted molar refractivity (Wildman–Crippen MR) is 112 cm³/mol. The summed E-state index contributed by atoms with van der Waals surface area (Å²) in [6.45, 7) is 5.41. The lowest BCUT2D eigenvalue weighted by atomic mass is 9.99. The maximum atomic E-state index is 13.2. The van der Waals surface area contributed by atoms with Crippen LogP contribution in [0.4, 0.5) is 0 Å². The van der Waals surface area contributed by atoms with Gasteiger partial charge in [-0.25, -0.2) is 0 Å². The highest BCUT2D eigenvalue weighted by atomic mass is 16.5. The van der Waals surface area contributed by atoms with Gasteiger partial charge in [0.25, 0.3) is 5.91 Å². The molecule has 4 heteroatoms. The Balaban J connectivity index is 1.34. The summed E-state index contributed by atoms with van der Waals surface area (Å²) < 4.78 is 5.76. The number of benzene rings is 2. The molecule has 28 heavy (non-hydrogen) atoms. The normalized spacial score (nSPS) is 20.4. The number of carbonyl (C=O) groups excluding carboxylic acids is 1. The molecular formula is C24H30N2O2. The lowest BCUT2D eigenvalue weighted by molar-refractivity contribution is 0.0432. The third-order valence-corrected chi connectivity index (χ3v) is 5.92. The number of hydrogen-bond acceptors (Lipinski definition) is 3. The molecule has 4 nitrogen and oxygen atoms in total. The Morgan fingerprint density at radius 3 is 2.43 bits per heavy atom. The number of nitrogens with zero attached hydrogens (tertiary/aromatic N) is 2. The molecule has 0 radical (unpaired) electrons. The van der Waals surface area contributed by atoms with E-state index in [0.29, 0.717) is 6.10 Å². The molecule has 0 unspecified atom stereocenters. The molecule has 0 saturated carbocycles. The van der Waals surface area contributed by atoms with Gasteiger partial charge in [-0.05, 0) is 42.9 Å². The van der Waals surface area contributed by atoms with Crippen molar-refractivity contribution in [3.63, 3.8) is 0 Å². The van der Waals surface area contributed by atoms with Gasteiger partial charge in [0.05, 0.1) is 6.10 Å². The van der Waals surface area contributed by atoms with Gasteiger partial charge < -0.3 is 9.64 Å². The zero-order valence-electron chi connectivity index (χ0n) is 16.6. The highest BCUT2D eigenvalue weighted by Gasteiger charge is 2.26. The molecule has 2 aliphatic rings. The van der Waals surface area contributed by atoms with E-state index in [1.54, 1.807) is 0 Å². The molecule has 2 aromatic rings. The Hall–Kier alpha value is -2.17. The van der Waals surface area contributed by atoms with E-state index >= 15 is 0 Å². The summed E-state index contributed by atoms with van der Waals surface area (Å²) in [5.74, 6) is 0.181. The first-order valence-electron chi connectivity index (χ1n) is 10.5. The van der Waals surface area contributed by atoms with Gasteiger partial charge in [0.2, 0.25) is 0 Å². The zero-order chi connectivity index (χ0) is 19.2. The number of amides is 1. The summed E-state index contributed by atoms with van der Waals surface area (Å²) in [4.78, 5) is 17.6. The second-order valence-corrected chi connectivity index (χ2v) is 7.87. The molecule has 0 aliphatic carbocycles. The average molecular weight is 379 g/mol. The molecule has 0 N–H and O–H groups in total. The van der Waals surface area contributed by atoms with Gasteiger partial charge in [-0.15, -0.1) is 0 Å². The molecule has 0 bridgehead atoms. The summed E-state index contributed by atoms with van der Waals surface area (Å²) in [5.41, 5.74) is 3.33. The Morgan fingerprint density at radius 1 is 0.929 bits per heavy atom. The summed E-state index contributed by atoms with van der Waals surface area (Å²) in [6, 6.07) is 18.6. The number of ether oxygens (including phenoxy) is 1. The average Bonchev–Trinajstić information content (AvgIpc) is 3.26. The monoisotopic (exact) mass is 378 g/mol. The fraction of sp³-hybridized carbons (Fsp3) is 0.458. The van der Waals surface area contributed by atoms with Crippen molar-refractivity contribution >= 4 is 5.91 Å². The van der Waals surface area contributed by atoms with Crippen molar-refractivity contribution in [2.24, 2.45) is 0 Å². The lowest BCUT2D eigenvalue weighted by Gasteiger charge is -2.36. The minimum absolute atomic E-state index is 0.181. The number of piperazine rings is 1. The number of rotatable bonds is 6. The third kappa shape index (κ3) is 4.81. The van der Waals surface area contributed by atoms with E-state index in [1.807, 2.05) is 29.2 Å². The Labute approximate surface area is 168 Å². The van der Waals surface area contributed by atoms with Crippen molar-refractivity contribution in [2.45, 2.75) is 31.8 Å². The lowest BCUT2D eigenvalue weighted by Crippen LogP contribution is -2.50. The van der Waals surface area contributed by atoms with Crippen LogP contribution in [0, 0.1) is 0 Å². The second kappa shape index (κ2) is 9.35. The number of carbonyl (C=O) groups is 1. The topological polar surface area (TPSA) is 32.8 Å². The quantitative estimate of drug-likeness (QED) is 0.772. The fourth-order valence-electron chi connectivity index (χ4n) is 4.25. The van der Waals surface area contributed by atoms with Crippen LogP contribution in [0.3, 0.4) is 0 Å². The molecule has 2 aromatic carbocycles. The van der Waals surface area contributed by atoms with Crippen LogP contribution in [0.1, 0.15) is 34.3 Å². The van der Waals surface area contributed by atoms with E-state index < -0.39 is 0 Å². The molecule has 148 valence electrons. The van der Waals surface area contributed by atoms with Crippen molar-refractivity contribution in [3.05, 3.63) is 71.3 Å². The van der Waals surface area contributed by atoms with Gasteiger partial charge in [-0.1, -0.05) is 48.5 Å². The third-order valence-electron chi connectivity index (χ3n) is 5.92. The molecule has 2 aliphatic heterocycles. The molecule has 0 spiro atoms. The SMILES string of the molecule is O=C(c1ccccc1CCc1ccccc1)N1CCN(C[C@H]2CCCO2)CC1. The number of hydrogen-bond donors (Lipinski definition) is 0. The minimum Gasteiger partial charge on any atom is -0.377 e. The fourth-order valence-corrected chi connectivity index (χ4v) is 4.25. The molecule has 1 atom stereocenters. The van der Waals surface area contributed by atoms with Gasteiger partial charge >= 0.3 is 0 Å². The van der Waals surface area contributed by atoms with Crippen LogP contribution in [-0.2, 0) is 17.6 Å². The minimum atomic E-state index is 0.181. The predicted octanol–water partition coefficient (Wildman–Crippen LogP) is 3.41. The van der Waals surface area contributed by atoms with E-state index in [9.17, 15) is 4.79 Å². The van der Waals surface area contributed by atoms with Crippen molar-refractivity contribution in [2.75, 3.05) is 39.3 Å². The maximum Gasteiger partial charge on any atom is 0.254 e. The highest BCUT2D eigenvalue weighted by molar-refractivity contribution is 5.95. The summed E-state index contributed by atoms with van der Waals surface area (Å²) in [7, 11) is 0. The van der Waals surface area contributed by atoms with Crippen LogP contribution in [0.2, 0.25) is 0 Å². The molecular weight excluding hydrogens is 348 g/mol. The highest BCUT2D eigenvalue weighted by Crippen LogP contribution is 2.18. The van der Waals surface area contributed by atoms with Crippen LogP contribution >= 0.6 is 0 Å². The molecule has 4 rings (SSSR count). The molecule has 1 amide bonds. The van der Waals surface area contributed by atoms with Crippen molar-refractivity contribution in [1.82, 2.24) is 9.80 Å². The standard InChI is InChI=1S/C24H30N2O2/c27-24(26-16-14-25(15-17-26)19-22-10-6-18-28-22)23-11-5-4-9-21(23)13-12-20-7-2-1-3-8-20/h1-5,7-9,11,22H,6,10,12-19H2/t22-/m1/s1. The summed E-state index contributed by atoms with van der Waals surface area (Å²) in [5, 5.41) is 0. The Kier molecular flexibility index (Phi) is 6.40. The van der Waals surface area contributed by atoms with Gasteiger partial charge in [0.15, 0.2) is 0 Å². The summed E-state index contributed by atoms with van der Waals surface area (Å²) in [6.07, 6.45) is 4.60. The van der Waals surface area contributed by atoms with Gasteiger partial charge in [0, 0.05) is 44.9 Å². The molecule has 2 saturated heterocycles. The Bertz CT molecular complexity index is 763. The van der Waals surface area contributed by atoms with E-state index in [2.05, 4.69) is 35.2 Å². The smallest absolute Gasteiger partial charge is 0.254 e. The van der Waals surface area contributed by atoms with Crippen molar-refractivity contribution < 1.29 is 9.53 Å². The van der Waals surface area contributed by atoms with Gasteiger partial charge in [-0.3, -0.25) is 9.69 Å². The van der Waals surface area contributed by atoms with Gasteiger partial charge in [0.1, 0.15) is 0 Å². The molecule has 2 heterocycles. The first-order chi connectivity index (χ1) is 13.8. The van der Waals surface area contributed by atoms with Crippen molar-refractivity contribution in [1.29, 1.82) is 0 Å². The van der Waals surface area contributed by atoms with E-state index in [1.165, 1.54) is 18.4 Å². The summed E-state index contributed by atoms with van der Waals surface area (Å²) >= 11 is 0. The molecule has 0 aromatic heterocycles. The maximum absolute atomic E-state index is 13.2. The molecule has 2 fully saturated rings. The van der Waals surface area contributed by atoms with Crippen LogP contribution in [-0.4, -0.2) is 61.1 Å². The van der Waals surface area contributed by atoms with E-state index in [-0.39, 0.29) is 5.91 Å². The van der Waals surface area contributed by atoms with Crippen LogP contribution in [0.25, 0.3) is 0 Å². The largest absolute Gasteiger partial charge is 0.377 e. The van der Waals surface area contributed by atoms with Crippen LogP contribution in [0.15, 0.2) is 54.6 Å². The Morgan fingerprint density at radius 2 is 1.68 bits per heavy atom. The first-order valence-corrected chi connectivity index (χ1v) is 10.5. The number of aryl methyl sites for hydroxylation is 2. The van der Waals surface area contributed by atoms with E-state index in [4.69, 9.17) is 4.74 Å².